The van der Waals surface area contributed by atoms with Gasteiger partial charge in [0.15, 0.2) is 5.75 Å². The Labute approximate surface area is 99.8 Å². The summed E-state index contributed by atoms with van der Waals surface area (Å²) in [7, 11) is 0. The Morgan fingerprint density at radius 1 is 1.44 bits per heavy atom. The molecule has 1 aliphatic carbocycles. The molecule has 3 nitrogen and oxygen atoms in total. The Balaban J connectivity index is 2.34. The largest absolute Gasteiger partial charge is 0.490 e. The van der Waals surface area contributed by atoms with Crippen LogP contribution in [0.25, 0.3) is 0 Å². The Bertz CT molecular complexity index is 398. The molecule has 1 amide bonds. The molecule has 0 unspecified atom stereocenters. The number of hydrogen-bond acceptors (Lipinski definition) is 3. The smallest absolute Gasteiger partial charge is 0.221 e. The third-order valence-corrected chi connectivity index (χ3v) is 3.89. The third kappa shape index (κ3) is 2.21. The average Bonchev–Trinajstić information content (AvgIpc) is 2.57. The minimum Gasteiger partial charge on any atom is -0.490 e. The van der Waals surface area contributed by atoms with Crippen LogP contribution in [0.4, 0.5) is 5.00 Å². The molecule has 1 aromatic heterocycles. The van der Waals surface area contributed by atoms with E-state index in [1.807, 2.05) is 6.92 Å². The molecule has 1 aromatic rings. The van der Waals surface area contributed by atoms with Gasteiger partial charge in [-0.25, -0.2) is 0 Å². The van der Waals surface area contributed by atoms with Gasteiger partial charge in [0, 0.05) is 17.4 Å². The van der Waals surface area contributed by atoms with Gasteiger partial charge in [-0.1, -0.05) is 0 Å². The molecule has 0 aliphatic heterocycles. The summed E-state index contributed by atoms with van der Waals surface area (Å²) in [6, 6.07) is 0. The fraction of sp³-hybridized carbons (Fsp3) is 0.583. The van der Waals surface area contributed by atoms with Crippen LogP contribution < -0.4 is 10.1 Å². The Hall–Kier alpha value is -1.03. The second-order valence-electron chi connectivity index (χ2n) is 3.98. The molecule has 1 aliphatic rings. The summed E-state index contributed by atoms with van der Waals surface area (Å²) >= 11 is 1.67. The van der Waals surface area contributed by atoms with Gasteiger partial charge < -0.3 is 10.1 Å². The van der Waals surface area contributed by atoms with Crippen molar-refractivity contribution >= 4 is 22.2 Å². The van der Waals surface area contributed by atoms with Crippen LogP contribution in [0.3, 0.4) is 0 Å². The first-order chi connectivity index (χ1) is 7.72. The second-order valence-corrected chi connectivity index (χ2v) is 5.09. The molecular formula is C12H17NO2S. The Morgan fingerprint density at radius 3 is 2.88 bits per heavy atom. The number of carbonyl (C=O) groups is 1. The van der Waals surface area contributed by atoms with E-state index in [0.717, 1.165) is 23.6 Å². The molecular weight excluding hydrogens is 222 g/mol. The molecule has 1 N–H and O–H groups in total. The lowest BCUT2D eigenvalue weighted by Crippen LogP contribution is -2.06. The van der Waals surface area contributed by atoms with Crippen LogP contribution in [0, 0.1) is 0 Å². The average molecular weight is 239 g/mol. The van der Waals surface area contributed by atoms with E-state index in [4.69, 9.17) is 4.74 Å². The van der Waals surface area contributed by atoms with E-state index in [1.165, 1.54) is 30.2 Å². The Morgan fingerprint density at radius 2 is 2.19 bits per heavy atom. The molecule has 0 spiro atoms. The highest BCUT2D eigenvalue weighted by atomic mass is 32.1. The van der Waals surface area contributed by atoms with E-state index in [9.17, 15) is 4.79 Å². The third-order valence-electron chi connectivity index (χ3n) is 2.70. The predicted molar refractivity (Wildman–Crippen MR) is 66.4 cm³/mol. The number of thiophene rings is 1. The minimum absolute atomic E-state index is 0.0282. The molecule has 1 heterocycles. The van der Waals surface area contributed by atoms with Crippen molar-refractivity contribution in [3.8, 4) is 5.75 Å². The number of aryl methyl sites for hydroxylation is 1. The number of carbonyl (C=O) groups excluding carboxylic acids is 1. The molecule has 16 heavy (non-hydrogen) atoms. The number of amides is 1. The van der Waals surface area contributed by atoms with Crippen LogP contribution in [0.2, 0.25) is 0 Å². The van der Waals surface area contributed by atoms with Gasteiger partial charge in [0.1, 0.15) is 5.00 Å². The number of anilines is 1. The highest BCUT2D eigenvalue weighted by Gasteiger charge is 2.22. The molecule has 88 valence electrons. The zero-order valence-corrected chi connectivity index (χ0v) is 10.6. The van der Waals surface area contributed by atoms with Gasteiger partial charge >= 0.3 is 0 Å². The van der Waals surface area contributed by atoms with Gasteiger partial charge in [-0.3, -0.25) is 4.79 Å². The molecule has 4 heteroatoms. The highest BCUT2D eigenvalue weighted by Crippen LogP contribution is 2.43. The van der Waals surface area contributed by atoms with Gasteiger partial charge in [-0.15, -0.1) is 11.3 Å². The number of ether oxygens (including phenoxy) is 1. The summed E-state index contributed by atoms with van der Waals surface area (Å²) in [5.74, 6) is 0.886. The van der Waals surface area contributed by atoms with Crippen molar-refractivity contribution in [3.05, 3.63) is 10.4 Å². The van der Waals surface area contributed by atoms with Gasteiger partial charge in [0.05, 0.1) is 6.61 Å². The monoisotopic (exact) mass is 239 g/mol. The SMILES string of the molecule is CCOc1c(NC(C)=O)sc2c1CCCC2. The van der Waals surface area contributed by atoms with Crippen LogP contribution in [-0.4, -0.2) is 12.5 Å². The summed E-state index contributed by atoms with van der Waals surface area (Å²) < 4.78 is 5.67. The van der Waals surface area contributed by atoms with Gasteiger partial charge in [-0.05, 0) is 32.6 Å². The van der Waals surface area contributed by atoms with Crippen LogP contribution in [-0.2, 0) is 17.6 Å². The minimum atomic E-state index is -0.0282. The first-order valence-corrected chi connectivity index (χ1v) is 6.59. The van der Waals surface area contributed by atoms with E-state index in [-0.39, 0.29) is 5.91 Å². The van der Waals surface area contributed by atoms with Crippen molar-refractivity contribution in [1.29, 1.82) is 0 Å². The molecule has 2 rings (SSSR count). The van der Waals surface area contributed by atoms with E-state index in [0.29, 0.717) is 6.61 Å². The standard InChI is InChI=1S/C12H17NO2S/c1-3-15-11-9-6-4-5-7-10(9)16-12(11)13-8(2)14/h3-7H2,1-2H3,(H,13,14). The number of nitrogens with one attached hydrogen (secondary N) is 1. The lowest BCUT2D eigenvalue weighted by atomic mass is 9.99. The van der Waals surface area contributed by atoms with Gasteiger partial charge in [0.2, 0.25) is 5.91 Å². The number of hydrogen-bond donors (Lipinski definition) is 1. The van der Waals surface area contributed by atoms with Crippen molar-refractivity contribution in [2.75, 3.05) is 11.9 Å². The van der Waals surface area contributed by atoms with E-state index >= 15 is 0 Å². The molecule has 0 saturated carbocycles. The summed E-state index contributed by atoms with van der Waals surface area (Å²) in [5, 5.41) is 3.76. The molecule has 0 aromatic carbocycles. The fourth-order valence-electron chi connectivity index (χ4n) is 2.08. The highest BCUT2D eigenvalue weighted by molar-refractivity contribution is 7.17. The maximum absolute atomic E-state index is 11.1. The van der Waals surface area contributed by atoms with Crippen LogP contribution >= 0.6 is 11.3 Å². The van der Waals surface area contributed by atoms with Crippen molar-refractivity contribution in [2.45, 2.75) is 39.5 Å². The number of rotatable bonds is 3. The summed E-state index contributed by atoms with van der Waals surface area (Å²) in [4.78, 5) is 12.5. The first kappa shape index (κ1) is 11.5. The zero-order valence-electron chi connectivity index (χ0n) is 9.76. The quantitative estimate of drug-likeness (QED) is 0.880. The second kappa shape index (κ2) is 4.87. The lowest BCUT2D eigenvalue weighted by Gasteiger charge is -2.12. The number of fused-ring (bicyclic) bond motifs is 1. The van der Waals surface area contributed by atoms with Gasteiger partial charge in [-0.2, -0.15) is 0 Å². The maximum Gasteiger partial charge on any atom is 0.221 e. The van der Waals surface area contributed by atoms with Crippen molar-refractivity contribution in [2.24, 2.45) is 0 Å². The molecule has 0 fully saturated rings. The van der Waals surface area contributed by atoms with Crippen molar-refractivity contribution in [3.63, 3.8) is 0 Å². The van der Waals surface area contributed by atoms with E-state index < -0.39 is 0 Å². The molecule has 0 bridgehead atoms. The fourth-order valence-corrected chi connectivity index (χ4v) is 3.36. The van der Waals surface area contributed by atoms with Crippen molar-refractivity contribution < 1.29 is 9.53 Å². The topological polar surface area (TPSA) is 38.3 Å². The normalized spacial score (nSPS) is 14.4. The van der Waals surface area contributed by atoms with E-state index in [2.05, 4.69) is 5.32 Å². The van der Waals surface area contributed by atoms with Crippen LogP contribution in [0.1, 0.15) is 37.1 Å². The molecule has 0 radical (unpaired) electrons. The van der Waals surface area contributed by atoms with Crippen LogP contribution in [0.15, 0.2) is 0 Å². The van der Waals surface area contributed by atoms with Crippen molar-refractivity contribution in [1.82, 2.24) is 0 Å². The Kier molecular flexibility index (Phi) is 3.49. The van der Waals surface area contributed by atoms with Gasteiger partial charge in [0.25, 0.3) is 0 Å². The first-order valence-electron chi connectivity index (χ1n) is 5.77. The lowest BCUT2D eigenvalue weighted by molar-refractivity contribution is -0.114. The molecule has 0 atom stereocenters. The predicted octanol–water partition coefficient (Wildman–Crippen LogP) is 2.98. The van der Waals surface area contributed by atoms with E-state index in [1.54, 1.807) is 11.3 Å². The summed E-state index contributed by atoms with van der Waals surface area (Å²) in [6.07, 6.45) is 4.68. The maximum atomic E-state index is 11.1. The van der Waals surface area contributed by atoms with Crippen LogP contribution in [0.5, 0.6) is 5.75 Å². The zero-order chi connectivity index (χ0) is 11.5. The summed E-state index contributed by atoms with van der Waals surface area (Å²) in [6.45, 7) is 4.16. The summed E-state index contributed by atoms with van der Waals surface area (Å²) in [5.41, 5.74) is 1.32. The molecule has 0 saturated heterocycles.